The number of nitrogens with two attached hydrogens (primary N) is 1. The van der Waals surface area contributed by atoms with Crippen molar-refractivity contribution < 1.29 is 4.74 Å². The van der Waals surface area contributed by atoms with Crippen LogP contribution in [0.5, 0.6) is 0 Å². The van der Waals surface area contributed by atoms with Gasteiger partial charge in [0.1, 0.15) is 5.52 Å². The van der Waals surface area contributed by atoms with Crippen molar-refractivity contribution in [3.63, 3.8) is 0 Å². The molecule has 100 valence electrons. The maximum absolute atomic E-state index is 6.25. The molecule has 0 aromatic carbocycles. The molecule has 4 atom stereocenters. The molecule has 1 aliphatic carbocycles. The van der Waals surface area contributed by atoms with E-state index in [-0.39, 0.29) is 18.2 Å². The lowest BCUT2D eigenvalue weighted by Crippen LogP contribution is -2.69. The highest BCUT2D eigenvalue weighted by Crippen LogP contribution is 2.38. The predicted molar refractivity (Wildman–Crippen MR) is 70.8 cm³/mol. The molecule has 1 saturated carbocycles. The number of fused-ring (bicyclic) bond motifs is 2. The molecular formula is C13H17N5O. The second-order valence-corrected chi connectivity index (χ2v) is 5.33. The van der Waals surface area contributed by atoms with Gasteiger partial charge in [0.2, 0.25) is 0 Å². The van der Waals surface area contributed by atoms with Gasteiger partial charge in [0, 0.05) is 31.0 Å². The molecule has 0 amide bonds. The first-order valence-corrected chi connectivity index (χ1v) is 6.77. The Morgan fingerprint density at radius 2 is 2.37 bits per heavy atom. The normalized spacial score (nSPS) is 33.7. The number of nitrogens with one attached hydrogen (secondary N) is 1. The van der Waals surface area contributed by atoms with E-state index >= 15 is 0 Å². The summed E-state index contributed by atoms with van der Waals surface area (Å²) in [6, 6.07) is 2.24. The van der Waals surface area contributed by atoms with E-state index in [0.717, 1.165) is 24.4 Å². The van der Waals surface area contributed by atoms with Crippen LogP contribution in [0.2, 0.25) is 0 Å². The molecule has 2 aliphatic rings. The molecule has 1 aliphatic heterocycles. The first kappa shape index (κ1) is 11.2. The zero-order valence-corrected chi connectivity index (χ0v) is 10.6. The molecule has 6 heteroatoms. The van der Waals surface area contributed by atoms with Crippen LogP contribution in [-0.2, 0) is 4.74 Å². The van der Waals surface area contributed by atoms with Gasteiger partial charge in [0.25, 0.3) is 0 Å². The summed E-state index contributed by atoms with van der Waals surface area (Å²) in [5, 5.41) is 7.64. The van der Waals surface area contributed by atoms with Crippen LogP contribution in [0.1, 0.15) is 12.8 Å². The van der Waals surface area contributed by atoms with Crippen molar-refractivity contribution in [1.82, 2.24) is 14.6 Å². The van der Waals surface area contributed by atoms with Crippen molar-refractivity contribution in [3.05, 3.63) is 24.7 Å². The van der Waals surface area contributed by atoms with Crippen molar-refractivity contribution in [2.45, 2.75) is 31.0 Å². The summed E-state index contributed by atoms with van der Waals surface area (Å²) in [6.45, 7) is 0.844. The molecular weight excluding hydrogens is 242 g/mol. The third-order valence-corrected chi connectivity index (χ3v) is 4.30. The fourth-order valence-electron chi connectivity index (χ4n) is 3.25. The fourth-order valence-corrected chi connectivity index (χ4v) is 3.25. The van der Waals surface area contributed by atoms with Crippen LogP contribution in [0.4, 0.5) is 5.82 Å². The Bertz CT molecular complexity index is 597. The molecule has 2 aromatic rings. The number of anilines is 1. The van der Waals surface area contributed by atoms with Crippen molar-refractivity contribution in [1.29, 1.82) is 0 Å². The van der Waals surface area contributed by atoms with Crippen LogP contribution in [0, 0.1) is 5.92 Å². The molecule has 0 radical (unpaired) electrons. The minimum atomic E-state index is 0.148. The molecule has 3 heterocycles. The number of nitrogens with zero attached hydrogens (tertiary/aromatic N) is 3. The maximum Gasteiger partial charge on any atom is 0.152 e. The van der Waals surface area contributed by atoms with Gasteiger partial charge < -0.3 is 15.8 Å². The van der Waals surface area contributed by atoms with Crippen LogP contribution in [0.3, 0.4) is 0 Å². The van der Waals surface area contributed by atoms with E-state index in [1.807, 2.05) is 12.3 Å². The smallest absolute Gasteiger partial charge is 0.152 e. The number of hydrogen-bond acceptors (Lipinski definition) is 5. The highest BCUT2D eigenvalue weighted by molar-refractivity contribution is 5.67. The van der Waals surface area contributed by atoms with E-state index in [1.165, 1.54) is 6.42 Å². The average molecular weight is 259 g/mol. The minimum absolute atomic E-state index is 0.148. The summed E-state index contributed by atoms with van der Waals surface area (Å²) in [7, 11) is 0. The third kappa shape index (κ3) is 1.63. The molecule has 4 rings (SSSR count). The van der Waals surface area contributed by atoms with Gasteiger partial charge in [-0.05, 0) is 18.9 Å². The molecule has 6 nitrogen and oxygen atoms in total. The van der Waals surface area contributed by atoms with Crippen molar-refractivity contribution in [3.8, 4) is 0 Å². The Kier molecular flexibility index (Phi) is 2.46. The van der Waals surface area contributed by atoms with E-state index in [2.05, 4.69) is 15.4 Å². The van der Waals surface area contributed by atoms with Crippen LogP contribution < -0.4 is 11.1 Å². The van der Waals surface area contributed by atoms with Crippen molar-refractivity contribution in [2.75, 3.05) is 11.9 Å². The first-order chi connectivity index (χ1) is 9.34. The Labute approximate surface area is 111 Å². The third-order valence-electron chi connectivity index (χ3n) is 4.30. The van der Waals surface area contributed by atoms with Crippen LogP contribution in [-0.4, -0.2) is 39.4 Å². The summed E-state index contributed by atoms with van der Waals surface area (Å²) in [5.74, 6) is 1.32. The summed E-state index contributed by atoms with van der Waals surface area (Å²) < 4.78 is 7.64. The highest BCUT2D eigenvalue weighted by Gasteiger charge is 2.50. The summed E-state index contributed by atoms with van der Waals surface area (Å²) >= 11 is 0. The standard InChI is InChI=1S/C13H17N5O/c14-10-8-2-1-7-19-12(8)11(10)17-13-9-3-4-16-18(9)6-5-15-13/h3-6,8,10-12H,1-2,7,14H2,(H,15,17). The van der Waals surface area contributed by atoms with E-state index in [0.29, 0.717) is 5.92 Å². The largest absolute Gasteiger partial charge is 0.376 e. The van der Waals surface area contributed by atoms with Gasteiger partial charge in [-0.3, -0.25) is 0 Å². The lowest BCUT2D eigenvalue weighted by atomic mass is 9.68. The molecule has 19 heavy (non-hydrogen) atoms. The number of ether oxygens (including phenoxy) is 1. The quantitative estimate of drug-likeness (QED) is 0.828. The molecule has 0 spiro atoms. The summed E-state index contributed by atoms with van der Waals surface area (Å²) in [6.07, 6.45) is 7.87. The summed E-state index contributed by atoms with van der Waals surface area (Å²) in [4.78, 5) is 4.39. The van der Waals surface area contributed by atoms with Crippen LogP contribution in [0.25, 0.3) is 5.52 Å². The zero-order valence-electron chi connectivity index (χ0n) is 10.6. The second-order valence-electron chi connectivity index (χ2n) is 5.33. The van der Waals surface area contributed by atoms with Crippen molar-refractivity contribution >= 4 is 11.3 Å². The van der Waals surface area contributed by atoms with Gasteiger partial charge in [-0.15, -0.1) is 0 Å². The fraction of sp³-hybridized carbons (Fsp3) is 0.538. The lowest BCUT2D eigenvalue weighted by Gasteiger charge is -2.52. The Hall–Kier alpha value is -1.66. The number of hydrogen-bond donors (Lipinski definition) is 2. The highest BCUT2D eigenvalue weighted by atomic mass is 16.5. The zero-order chi connectivity index (χ0) is 12.8. The van der Waals surface area contributed by atoms with Gasteiger partial charge in [-0.25, -0.2) is 9.50 Å². The van der Waals surface area contributed by atoms with E-state index in [1.54, 1.807) is 16.9 Å². The van der Waals surface area contributed by atoms with Crippen LogP contribution >= 0.6 is 0 Å². The van der Waals surface area contributed by atoms with Gasteiger partial charge in [0.05, 0.1) is 18.3 Å². The molecule has 0 bridgehead atoms. The SMILES string of the molecule is NC1C2CCCOC2C1Nc1nccn2nccc12. The Morgan fingerprint density at radius 3 is 3.32 bits per heavy atom. The van der Waals surface area contributed by atoms with E-state index < -0.39 is 0 Å². The lowest BCUT2D eigenvalue weighted by molar-refractivity contribution is -0.104. The Morgan fingerprint density at radius 1 is 1.42 bits per heavy atom. The van der Waals surface area contributed by atoms with E-state index in [9.17, 15) is 0 Å². The number of rotatable bonds is 2. The monoisotopic (exact) mass is 259 g/mol. The van der Waals surface area contributed by atoms with Gasteiger partial charge in [0.15, 0.2) is 5.82 Å². The number of aromatic nitrogens is 3. The van der Waals surface area contributed by atoms with Crippen LogP contribution in [0.15, 0.2) is 24.7 Å². The average Bonchev–Trinajstić information content (AvgIpc) is 2.93. The minimum Gasteiger partial charge on any atom is -0.376 e. The molecule has 4 unspecified atom stereocenters. The molecule has 3 N–H and O–H groups in total. The van der Waals surface area contributed by atoms with Gasteiger partial charge in [-0.2, -0.15) is 5.10 Å². The second kappa shape index (κ2) is 4.18. The topological polar surface area (TPSA) is 77.5 Å². The van der Waals surface area contributed by atoms with Gasteiger partial charge >= 0.3 is 0 Å². The van der Waals surface area contributed by atoms with E-state index in [4.69, 9.17) is 10.5 Å². The maximum atomic E-state index is 6.25. The summed E-state index contributed by atoms with van der Waals surface area (Å²) in [5.41, 5.74) is 7.22. The molecule has 2 fully saturated rings. The molecule has 2 aromatic heterocycles. The Balaban J connectivity index is 1.60. The molecule has 1 saturated heterocycles. The van der Waals surface area contributed by atoms with Crippen molar-refractivity contribution in [2.24, 2.45) is 11.7 Å². The predicted octanol–water partition coefficient (Wildman–Crippen LogP) is 0.646. The first-order valence-electron chi connectivity index (χ1n) is 6.77. The van der Waals surface area contributed by atoms with Gasteiger partial charge in [-0.1, -0.05) is 0 Å².